The quantitative estimate of drug-likeness (QED) is 0.00966. The number of fused-ring (bicyclic) bond motifs is 2. The van der Waals surface area contributed by atoms with E-state index in [9.17, 15) is 39.4 Å². The van der Waals surface area contributed by atoms with Crippen LogP contribution in [0.4, 0.5) is 22.7 Å². The molecule has 0 aromatic heterocycles. The van der Waals surface area contributed by atoms with Gasteiger partial charge in [0.05, 0.1) is 93.2 Å². The molecule has 4 unspecified atom stereocenters. The summed E-state index contributed by atoms with van der Waals surface area (Å²) < 4.78 is 14.6. The molecular formula is C55H78Br2Cl10N10O12S3Sn. The number of nitriles is 1. The number of aliphatic imine (C=N–C) groups is 1. The van der Waals surface area contributed by atoms with Crippen LogP contribution in [0, 0.1) is 30.5 Å². The zero-order valence-corrected chi connectivity index (χ0v) is 67.4. The number of carbonyl (C=O) groups excluding carboxylic acids is 4. The van der Waals surface area contributed by atoms with Crippen molar-refractivity contribution in [1.29, 1.82) is 5.26 Å². The van der Waals surface area contributed by atoms with Crippen LogP contribution in [0.5, 0.6) is 0 Å². The number of nitro groups is 2. The molecule has 0 saturated carbocycles. The first-order chi connectivity index (χ1) is 42.1. The molecule has 526 valence electrons. The number of nitrogens with two attached hydrogens (primary N) is 2. The van der Waals surface area contributed by atoms with Gasteiger partial charge >= 0.3 is 54.6 Å². The number of alkyl halides is 1. The van der Waals surface area contributed by atoms with Crippen molar-refractivity contribution in [2.45, 2.75) is 138 Å². The van der Waals surface area contributed by atoms with Crippen molar-refractivity contribution >= 4 is 254 Å². The number of esters is 3. The number of aliphatic hydroxyl groups is 1. The van der Waals surface area contributed by atoms with Crippen LogP contribution >= 0.6 is 183 Å². The molecule has 1 amide bonds. The topological polar surface area (TPSA) is 330 Å². The number of amides is 1. The summed E-state index contributed by atoms with van der Waals surface area (Å²) in [5, 5.41) is 47.7. The van der Waals surface area contributed by atoms with E-state index < -0.39 is 40.7 Å². The number of aliphatic hydroxyl groups excluding tert-OH is 1. The van der Waals surface area contributed by atoms with Gasteiger partial charge in [-0.3, -0.25) is 50.0 Å². The molecule has 8 N–H and O–H groups in total. The van der Waals surface area contributed by atoms with E-state index >= 15 is 0 Å². The molecule has 93 heavy (non-hydrogen) atoms. The van der Waals surface area contributed by atoms with Crippen LogP contribution in [0.3, 0.4) is 0 Å². The minimum absolute atomic E-state index is 0. The summed E-state index contributed by atoms with van der Waals surface area (Å²) in [6.07, 6.45) is 2.62. The van der Waals surface area contributed by atoms with E-state index in [2.05, 4.69) is 52.8 Å². The summed E-state index contributed by atoms with van der Waals surface area (Å²) in [4.78, 5) is 74.1. The Kier molecular flexibility index (Phi) is 63.3. The van der Waals surface area contributed by atoms with Crippen molar-refractivity contribution in [2.24, 2.45) is 10.7 Å². The fourth-order valence-corrected chi connectivity index (χ4v) is 8.90. The SMILES string of the molecule is C.CCC1C(=O)NC2=Nc3ccc(Cl)c(Cl)c3CN21.CCO.CCOC(=O)C(Br)CC.CCOC(=O)C(CC)NCc1c(N)ccc(Cl)c1Cl.CCOC(=O)C(CC)NCc1c([N+](=O)[O-])ccc(Cl)c1Cl.N#CBr.NCc1c([N+](=O)[O-])ccc(Cl)c1Cl.S.S.S.[Cl][Sn][Cl]. The zero-order chi connectivity index (χ0) is 68.7. The van der Waals surface area contributed by atoms with Gasteiger partial charge in [-0.2, -0.15) is 45.7 Å². The van der Waals surface area contributed by atoms with E-state index in [4.69, 9.17) is 147 Å². The first-order valence-corrected chi connectivity index (χ1v) is 38.5. The average molecular weight is 1800 g/mol. The maximum atomic E-state index is 11.8. The molecule has 2 heterocycles. The number of nitrogens with zero attached hydrogens (tertiary/aromatic N) is 5. The number of benzene rings is 4. The molecule has 38 heteroatoms. The number of guanidine groups is 1. The molecule has 0 spiro atoms. The predicted molar refractivity (Wildman–Crippen MR) is 404 cm³/mol. The van der Waals surface area contributed by atoms with E-state index in [0.29, 0.717) is 76.4 Å². The predicted octanol–water partition coefficient (Wildman–Crippen LogP) is 16.0. The van der Waals surface area contributed by atoms with Crippen molar-refractivity contribution in [3.05, 3.63) is 131 Å². The molecule has 1 saturated heterocycles. The molecule has 0 bridgehead atoms. The molecule has 2 radical (unpaired) electrons. The van der Waals surface area contributed by atoms with E-state index in [1.54, 1.807) is 50.9 Å². The maximum absolute atomic E-state index is 11.8. The van der Waals surface area contributed by atoms with E-state index in [0.717, 1.165) is 24.1 Å². The second-order valence-electron chi connectivity index (χ2n) is 17.0. The molecule has 22 nitrogen and oxygen atoms in total. The van der Waals surface area contributed by atoms with Crippen LogP contribution in [0.25, 0.3) is 0 Å². The van der Waals surface area contributed by atoms with Crippen LogP contribution in [0.15, 0.2) is 53.5 Å². The number of anilines is 1. The number of rotatable bonds is 19. The van der Waals surface area contributed by atoms with E-state index in [1.807, 2.05) is 38.7 Å². The Labute approximate surface area is 639 Å². The van der Waals surface area contributed by atoms with Crippen molar-refractivity contribution in [3.63, 3.8) is 0 Å². The first kappa shape index (κ1) is 102. The summed E-state index contributed by atoms with van der Waals surface area (Å²) in [6, 6.07) is 11.1. The number of halogens is 12. The Hall–Kier alpha value is -2.13. The molecule has 2 aliphatic heterocycles. The Morgan fingerprint density at radius 1 is 0.720 bits per heavy atom. The summed E-state index contributed by atoms with van der Waals surface area (Å²) in [5.74, 6) is -0.244. The van der Waals surface area contributed by atoms with Gasteiger partial charge in [-0.15, -0.1) is 0 Å². The van der Waals surface area contributed by atoms with Crippen molar-refractivity contribution in [1.82, 2.24) is 20.9 Å². The fraction of sp³-hybridized carbons (Fsp3) is 0.455. The van der Waals surface area contributed by atoms with Gasteiger partial charge in [0.2, 0.25) is 11.9 Å². The molecule has 4 aromatic rings. The molecule has 4 aromatic carbocycles. The summed E-state index contributed by atoms with van der Waals surface area (Å²) in [7, 11) is 9.87. The molecular weight excluding hydrogens is 1720 g/mol. The zero-order valence-electron chi connectivity index (χ0n) is 50.8. The van der Waals surface area contributed by atoms with Gasteiger partial charge in [-0.05, 0) is 89.8 Å². The number of ether oxygens (including phenoxy) is 3. The first-order valence-electron chi connectivity index (χ1n) is 26.5. The van der Waals surface area contributed by atoms with Crippen molar-refractivity contribution in [3.8, 4) is 4.98 Å². The van der Waals surface area contributed by atoms with Gasteiger partial charge in [0.25, 0.3) is 11.4 Å². The number of hydrogen-bond donors (Lipinski definition) is 6. The Balaban J connectivity index is -0.000000248. The van der Waals surface area contributed by atoms with Crippen molar-refractivity contribution < 1.29 is 48.3 Å². The van der Waals surface area contributed by atoms with Gasteiger partial charge in [0, 0.05) is 71.1 Å². The van der Waals surface area contributed by atoms with Crippen LogP contribution in [-0.2, 0) is 59.6 Å². The number of nitro benzene ring substituents is 2. The standard InChI is InChI=1S/C13H16Cl2N2O4.C13H18Cl2N2O2.C12H11Cl2N3O.C7H6Cl2N2O2.C6H11BrO2.C2H6O.CBrN.CH4.2ClH.3H2S.Sn/c1-3-10(13(18)21-4-2)16-7-8-11(17(19)20)6-5-9(14)12(8)15;1-3-11(13(18)19-4-2)17-7-8-10(16)6-5-9(14)12(8)15;1-2-9-11(18)16-12-15-8-4-3-7(13)10(14)6(8)5-17(9)12;8-5-1-2-6(11(12)13)4(3-10)7(5)9;1-3-5(7)6(8)9-4-2;1-2-3;2-1-3;;;;;;;/h5-6,10,16H,3-4,7H2,1-2H3;5-6,11,17H,3-4,7,16H2,1-2H3;3-4,9H,2,5H2,1H3,(H,15,16,18);1-2H,3,10H2;5H,3-4H2,1-2H3;3H,2H2,1H3;;1H4;2*1H;3*1H2;/q;;;;;;;;;;;;;+2/p-2. The second-order valence-corrected chi connectivity index (χ2v) is 25.8. The van der Waals surface area contributed by atoms with Crippen molar-refractivity contribution in [2.75, 3.05) is 32.2 Å². The number of carbonyl (C=O) groups is 4. The van der Waals surface area contributed by atoms with Gasteiger partial charge in [-0.25, -0.2) is 4.99 Å². The van der Waals surface area contributed by atoms with Gasteiger partial charge in [0.1, 0.15) is 27.9 Å². The van der Waals surface area contributed by atoms with E-state index in [-0.39, 0.29) is 152 Å². The number of hydrogen-bond acceptors (Lipinski definition) is 19. The average Bonchev–Trinajstić information content (AvgIpc) is 1.68. The number of nitrogen functional groups attached to an aromatic ring is 1. The summed E-state index contributed by atoms with van der Waals surface area (Å²) >= 11 is 52.3. The van der Waals surface area contributed by atoms with Crippen LogP contribution < -0.4 is 27.4 Å². The Morgan fingerprint density at radius 2 is 1.09 bits per heavy atom. The number of nitrogens with one attached hydrogen (secondary N) is 3. The summed E-state index contributed by atoms with van der Waals surface area (Å²) in [5.41, 5.74) is 14.3. The third-order valence-electron chi connectivity index (χ3n) is 11.4. The molecule has 2 aliphatic rings. The second kappa shape index (κ2) is 57.7. The molecule has 4 atom stereocenters. The third kappa shape index (κ3) is 36.0. The Morgan fingerprint density at radius 3 is 1.47 bits per heavy atom. The Bertz CT molecular complexity index is 3020. The molecule has 1 fully saturated rings. The van der Waals surface area contributed by atoms with Gasteiger partial charge in [-0.1, -0.05) is 144 Å². The van der Waals surface area contributed by atoms with Gasteiger partial charge < -0.3 is 41.0 Å². The molecule has 6 rings (SSSR count). The monoisotopic (exact) mass is 1790 g/mol. The van der Waals surface area contributed by atoms with E-state index in [1.165, 1.54) is 24.3 Å². The molecule has 0 aliphatic carbocycles. The van der Waals surface area contributed by atoms with Gasteiger partial charge in [0.15, 0.2) is 0 Å². The fourth-order valence-electron chi connectivity index (χ4n) is 7.14. The van der Waals surface area contributed by atoms with Crippen LogP contribution in [0.2, 0.25) is 40.2 Å². The minimum atomic E-state index is -0.826. The van der Waals surface area contributed by atoms with Crippen LogP contribution in [0.1, 0.15) is 111 Å². The normalized spacial score (nSPS) is 12.4. The summed E-state index contributed by atoms with van der Waals surface area (Å²) in [6.45, 7) is 16.9. The van der Waals surface area contributed by atoms with Crippen LogP contribution in [-0.4, -0.2) is 118 Å². The third-order valence-corrected chi connectivity index (χ3v) is 15.8.